The van der Waals surface area contributed by atoms with E-state index in [1.54, 1.807) is 21.0 Å². The van der Waals surface area contributed by atoms with E-state index in [1.807, 2.05) is 73.5 Å². The van der Waals surface area contributed by atoms with E-state index in [9.17, 15) is 14.4 Å². The van der Waals surface area contributed by atoms with Crippen LogP contribution in [0, 0.1) is 23.2 Å². The van der Waals surface area contributed by atoms with Crippen LogP contribution < -0.4 is 0 Å². The third kappa shape index (κ3) is 8.38. The Balaban J connectivity index is 2.00. The number of hydrogen-bond donors (Lipinski definition) is 0. The lowest BCUT2D eigenvalue weighted by molar-refractivity contribution is -0.300. The highest BCUT2D eigenvalue weighted by Crippen LogP contribution is 2.50. The summed E-state index contributed by atoms with van der Waals surface area (Å²) in [5.74, 6) is -2.42. The van der Waals surface area contributed by atoms with Crippen LogP contribution in [0.15, 0.2) is 17.1 Å². The van der Waals surface area contributed by atoms with Gasteiger partial charge in [0.05, 0.1) is 41.5 Å². The molecule has 0 radical (unpaired) electrons. The molecule has 0 aliphatic carbocycles. The number of aliphatic imine (C=N–C) groups is 1. The molecule has 3 fully saturated rings. The summed E-state index contributed by atoms with van der Waals surface area (Å²) in [4.78, 5) is 53.1. The maximum atomic E-state index is 15.0. The third-order valence-electron chi connectivity index (χ3n) is 13.8. The molecule has 3 saturated heterocycles. The second kappa shape index (κ2) is 17.1. The predicted octanol–water partition coefficient (Wildman–Crippen LogP) is 7.40. The quantitative estimate of drug-likeness (QED) is 0.126. The molecule has 12 heteroatoms. The standard InChI is InChI=1S/C44H75N3O9/c1-18-20-21-22-23-52-43(13)25-26(3)32-28(5)34-44(14,56-39(50)47(34)42(11,12)41(9,10)45-32)31(19-2)54-38(49)40(7,8)35(48)29(6)36(43)55-37-33(51-17)30(46(15)16)24-27(4)53-37/h21-22,26-31,33-34,36-37H,18-20,23-25H2,1-17H3/b22-21+/t26-,27-,28+,29+,30+,31-,33-,34-,36-,37+,43+,44-/m1/s1. The van der Waals surface area contributed by atoms with Gasteiger partial charge in [0.15, 0.2) is 17.7 Å². The highest BCUT2D eigenvalue weighted by molar-refractivity contribution is 6.04. The average Bonchev–Trinajstić information content (AvgIpc) is 3.37. The second-order valence-electron chi connectivity index (χ2n) is 19.2. The Hall–Kier alpha value is -2.38. The van der Waals surface area contributed by atoms with Gasteiger partial charge in [0.2, 0.25) is 0 Å². The van der Waals surface area contributed by atoms with Crippen LogP contribution in [-0.4, -0.2) is 126 Å². The SMILES string of the molecule is CCC/C=C/CO[C@@]1(C)C[C@@H](C)C2=NC(C)(C)C(C)(C)N3C(=O)O[C@](C)([C@@H](CC)OC(=O)C(C)(C)C(=O)[C@H](C)[C@H]1O[C@@H]1O[C@H](C)C[C@H](N(C)C)[C@H]1OC)[C@H]3[C@H]2C. The summed E-state index contributed by atoms with van der Waals surface area (Å²) >= 11 is 0. The van der Waals surface area contributed by atoms with E-state index in [0.717, 1.165) is 25.0 Å². The number of rotatable bonds is 10. The Morgan fingerprint density at radius 2 is 1.59 bits per heavy atom. The van der Waals surface area contributed by atoms with Crippen molar-refractivity contribution in [2.75, 3.05) is 27.8 Å². The highest BCUT2D eigenvalue weighted by atomic mass is 16.7. The van der Waals surface area contributed by atoms with Gasteiger partial charge >= 0.3 is 12.1 Å². The minimum atomic E-state index is -1.60. The maximum absolute atomic E-state index is 15.0. The van der Waals surface area contributed by atoms with Crippen LogP contribution in [0.25, 0.3) is 0 Å². The summed E-state index contributed by atoms with van der Waals surface area (Å²) in [5.41, 5.74) is -4.58. The van der Waals surface area contributed by atoms with Gasteiger partial charge in [-0.05, 0) is 108 Å². The fourth-order valence-corrected chi connectivity index (χ4v) is 9.88. The highest BCUT2D eigenvalue weighted by Gasteiger charge is 2.66. The number of unbranched alkanes of at least 4 members (excludes halogenated alkanes) is 1. The Morgan fingerprint density at radius 1 is 0.946 bits per heavy atom. The number of fused-ring (bicyclic) bond motifs is 1. The van der Waals surface area contributed by atoms with Crippen molar-refractivity contribution in [2.24, 2.45) is 28.2 Å². The molecular weight excluding hydrogens is 714 g/mol. The van der Waals surface area contributed by atoms with Gasteiger partial charge in [-0.3, -0.25) is 19.5 Å². The van der Waals surface area contributed by atoms with Crippen molar-refractivity contribution in [1.29, 1.82) is 0 Å². The molecule has 0 aromatic carbocycles. The summed E-state index contributed by atoms with van der Waals surface area (Å²) in [6.07, 6.45) is 3.88. The molecule has 4 heterocycles. The van der Waals surface area contributed by atoms with Crippen molar-refractivity contribution in [2.45, 2.75) is 194 Å². The lowest BCUT2D eigenvalue weighted by atomic mass is 9.71. The van der Waals surface area contributed by atoms with Gasteiger partial charge in [-0.25, -0.2) is 4.79 Å². The molecule has 12 nitrogen and oxygen atoms in total. The predicted molar refractivity (Wildman–Crippen MR) is 218 cm³/mol. The molecule has 4 rings (SSSR count). The number of amides is 1. The van der Waals surface area contributed by atoms with Gasteiger partial charge in [0, 0.05) is 30.7 Å². The van der Waals surface area contributed by atoms with Crippen LogP contribution in [0.1, 0.15) is 129 Å². The Bertz CT molecular complexity index is 1490. The molecule has 12 atom stereocenters. The van der Waals surface area contributed by atoms with Gasteiger partial charge in [-0.15, -0.1) is 0 Å². The summed E-state index contributed by atoms with van der Waals surface area (Å²) in [7, 11) is 5.68. The molecule has 2 bridgehead atoms. The van der Waals surface area contributed by atoms with Crippen molar-refractivity contribution in [3.05, 3.63) is 12.2 Å². The van der Waals surface area contributed by atoms with E-state index in [0.29, 0.717) is 12.8 Å². The van der Waals surface area contributed by atoms with Crippen molar-refractivity contribution in [3.63, 3.8) is 0 Å². The monoisotopic (exact) mass is 790 g/mol. The molecule has 1 amide bonds. The van der Waals surface area contributed by atoms with E-state index >= 15 is 0 Å². The van der Waals surface area contributed by atoms with Crippen LogP contribution in [0.4, 0.5) is 4.79 Å². The number of methoxy groups -OCH3 is 1. The first kappa shape index (κ1) is 46.3. The van der Waals surface area contributed by atoms with Crippen LogP contribution in [-0.2, 0) is 38.0 Å². The molecule has 0 aromatic rings. The van der Waals surface area contributed by atoms with E-state index in [1.165, 1.54) is 0 Å². The number of nitrogens with zero attached hydrogens (tertiary/aromatic N) is 3. The molecule has 0 aromatic heterocycles. The Morgan fingerprint density at radius 3 is 2.16 bits per heavy atom. The molecule has 56 heavy (non-hydrogen) atoms. The molecule has 4 aliphatic heterocycles. The Labute approximate surface area is 337 Å². The molecule has 0 spiro atoms. The number of esters is 1. The molecule has 0 N–H and O–H groups in total. The Kier molecular flexibility index (Phi) is 14.1. The summed E-state index contributed by atoms with van der Waals surface area (Å²) in [6, 6.07) is -0.552. The molecule has 0 unspecified atom stereocenters. The first-order valence-corrected chi connectivity index (χ1v) is 21.0. The summed E-state index contributed by atoms with van der Waals surface area (Å²) in [6.45, 7) is 27.6. The zero-order chi connectivity index (χ0) is 42.3. The number of carbonyl (C=O) groups excluding carboxylic acids is 3. The van der Waals surface area contributed by atoms with Crippen LogP contribution in [0.5, 0.6) is 0 Å². The van der Waals surface area contributed by atoms with Crippen LogP contribution >= 0.6 is 0 Å². The number of likely N-dealkylation sites (N-methyl/N-ethyl adjacent to an activating group) is 1. The first-order chi connectivity index (χ1) is 25.9. The number of ether oxygens (including phenoxy) is 6. The minimum absolute atomic E-state index is 0.0147. The normalized spacial score (nSPS) is 40.2. The average molecular weight is 790 g/mol. The number of cyclic esters (lactones) is 1. The number of carbonyl (C=O) groups is 3. The van der Waals surface area contributed by atoms with E-state index in [2.05, 4.69) is 45.6 Å². The van der Waals surface area contributed by atoms with Gasteiger partial charge in [0.25, 0.3) is 0 Å². The van der Waals surface area contributed by atoms with Gasteiger partial charge in [-0.2, -0.15) is 0 Å². The number of hydrogen-bond acceptors (Lipinski definition) is 11. The fourth-order valence-electron chi connectivity index (χ4n) is 9.88. The largest absolute Gasteiger partial charge is 0.457 e. The van der Waals surface area contributed by atoms with E-state index in [4.69, 9.17) is 33.4 Å². The fraction of sp³-hybridized carbons (Fsp3) is 0.864. The smallest absolute Gasteiger partial charge is 0.411 e. The summed E-state index contributed by atoms with van der Waals surface area (Å²) < 4.78 is 39.5. The third-order valence-corrected chi connectivity index (χ3v) is 13.8. The molecular formula is C44H75N3O9. The molecule has 4 aliphatic rings. The maximum Gasteiger partial charge on any atom is 0.411 e. The lowest BCUT2D eigenvalue weighted by Crippen LogP contribution is -2.64. The van der Waals surface area contributed by atoms with E-state index in [-0.39, 0.29) is 36.4 Å². The second-order valence-corrected chi connectivity index (χ2v) is 19.2. The lowest BCUT2D eigenvalue weighted by Gasteiger charge is -2.49. The van der Waals surface area contributed by atoms with E-state index < -0.39 is 76.3 Å². The zero-order valence-electron chi connectivity index (χ0n) is 37.7. The minimum Gasteiger partial charge on any atom is -0.457 e. The van der Waals surface area contributed by atoms with Gasteiger partial charge in [-0.1, -0.05) is 53.2 Å². The number of Topliss-reactive ketones (excluding diaryl/α,β-unsaturated/α-hetero) is 1. The van der Waals surface area contributed by atoms with Crippen molar-refractivity contribution in [3.8, 4) is 0 Å². The number of ketones is 1. The van der Waals surface area contributed by atoms with Crippen molar-refractivity contribution >= 4 is 23.6 Å². The molecule has 0 saturated carbocycles. The first-order valence-electron chi connectivity index (χ1n) is 21.0. The summed E-state index contributed by atoms with van der Waals surface area (Å²) in [5, 5.41) is 0. The van der Waals surface area contributed by atoms with Crippen LogP contribution in [0.3, 0.4) is 0 Å². The number of allylic oxidation sites excluding steroid dienone is 1. The molecule has 320 valence electrons. The van der Waals surface area contributed by atoms with Crippen LogP contribution in [0.2, 0.25) is 0 Å². The van der Waals surface area contributed by atoms with Crippen molar-refractivity contribution in [1.82, 2.24) is 9.80 Å². The zero-order valence-corrected chi connectivity index (χ0v) is 37.7. The topological polar surface area (TPSA) is 125 Å². The van der Waals surface area contributed by atoms with Crippen molar-refractivity contribution < 1.29 is 42.8 Å². The van der Waals surface area contributed by atoms with Gasteiger partial charge < -0.3 is 33.3 Å². The van der Waals surface area contributed by atoms with Gasteiger partial charge in [0.1, 0.15) is 17.6 Å².